The van der Waals surface area contributed by atoms with E-state index in [4.69, 9.17) is 4.74 Å². The Balaban J connectivity index is 1.62. The Morgan fingerprint density at radius 3 is 2.47 bits per heavy atom. The minimum Gasteiger partial charge on any atom is -0.497 e. The molecule has 0 aliphatic carbocycles. The van der Waals surface area contributed by atoms with Crippen LogP contribution in [0.4, 0.5) is 19.0 Å². The Morgan fingerprint density at radius 2 is 1.87 bits per heavy atom. The van der Waals surface area contributed by atoms with E-state index in [1.165, 1.54) is 13.2 Å². The molecule has 6 nitrogen and oxygen atoms in total. The third-order valence-corrected chi connectivity index (χ3v) is 6.00. The van der Waals surface area contributed by atoms with Crippen molar-refractivity contribution >= 4 is 11.7 Å². The number of hydrogen-bond donors (Lipinski definition) is 1. The van der Waals surface area contributed by atoms with E-state index in [2.05, 4.69) is 17.3 Å². The molecule has 2 aromatic rings. The second-order valence-corrected chi connectivity index (χ2v) is 8.10. The summed E-state index contributed by atoms with van der Waals surface area (Å²) < 4.78 is 47.5. The summed E-state index contributed by atoms with van der Waals surface area (Å²) in [4.78, 5) is 14.5. The maximum Gasteiger partial charge on any atom is 0.410 e. The normalized spacial score (nSPS) is 22.4. The van der Waals surface area contributed by atoms with E-state index in [0.717, 1.165) is 23.1 Å². The summed E-state index contributed by atoms with van der Waals surface area (Å²) in [5.74, 6) is 1.08. The van der Waals surface area contributed by atoms with Crippen molar-refractivity contribution < 1.29 is 22.7 Å². The van der Waals surface area contributed by atoms with Crippen molar-refractivity contribution in [3.63, 3.8) is 0 Å². The molecular formula is C21H25F3N4O2. The van der Waals surface area contributed by atoms with Crippen molar-refractivity contribution in [1.82, 2.24) is 14.7 Å². The van der Waals surface area contributed by atoms with Crippen molar-refractivity contribution in [1.29, 1.82) is 0 Å². The van der Waals surface area contributed by atoms with Crippen LogP contribution in [0, 0.1) is 5.92 Å². The SMILES string of the molecule is COc1ccc([C@@H]2C[C@@H](C(F)(F)F)n3nc(C(=O)N4CCC(C)CC4)cc3N2)cc1. The molecule has 9 heteroatoms. The monoisotopic (exact) mass is 422 g/mol. The van der Waals surface area contributed by atoms with E-state index in [1.54, 1.807) is 29.2 Å². The van der Waals surface area contributed by atoms with Crippen LogP contribution in [-0.4, -0.2) is 47.0 Å². The number of carbonyl (C=O) groups excluding carboxylic acids is 1. The molecule has 0 spiro atoms. The first-order valence-electron chi connectivity index (χ1n) is 10.1. The number of nitrogens with one attached hydrogen (secondary N) is 1. The number of piperidine rings is 1. The van der Waals surface area contributed by atoms with Gasteiger partial charge in [0.05, 0.1) is 13.2 Å². The maximum atomic E-state index is 13.8. The summed E-state index contributed by atoms with van der Waals surface area (Å²) in [5.41, 5.74) is 0.770. The van der Waals surface area contributed by atoms with Crippen molar-refractivity contribution in [2.45, 2.75) is 44.4 Å². The maximum absolute atomic E-state index is 13.8. The van der Waals surface area contributed by atoms with Crippen LogP contribution >= 0.6 is 0 Å². The summed E-state index contributed by atoms with van der Waals surface area (Å²) in [5, 5.41) is 7.20. The lowest BCUT2D eigenvalue weighted by atomic mass is 9.97. The first kappa shape index (κ1) is 20.6. The fourth-order valence-corrected chi connectivity index (χ4v) is 4.11. The fourth-order valence-electron chi connectivity index (χ4n) is 4.11. The van der Waals surface area contributed by atoms with Crippen LogP contribution in [0.15, 0.2) is 30.3 Å². The van der Waals surface area contributed by atoms with Gasteiger partial charge < -0.3 is 15.0 Å². The summed E-state index contributed by atoms with van der Waals surface area (Å²) in [7, 11) is 1.54. The van der Waals surface area contributed by atoms with Crippen LogP contribution in [0.25, 0.3) is 0 Å². The number of anilines is 1. The van der Waals surface area contributed by atoms with E-state index in [1.807, 2.05) is 0 Å². The Morgan fingerprint density at radius 1 is 1.20 bits per heavy atom. The number of benzene rings is 1. The van der Waals surface area contributed by atoms with E-state index in [-0.39, 0.29) is 23.8 Å². The molecule has 1 aromatic heterocycles. The summed E-state index contributed by atoms with van der Waals surface area (Å²) in [6.07, 6.45) is -2.90. The molecule has 0 bridgehead atoms. The standard InChI is InChI=1S/C21H25F3N4O2/c1-13-7-9-27(10-8-13)20(29)17-12-19-25-16(14-3-5-15(30-2)6-4-14)11-18(21(22,23)24)28(19)26-17/h3-6,12-13,16,18,25H,7-11H2,1-2H3/t16-,18-/m0/s1. The molecule has 162 valence electrons. The van der Waals surface area contributed by atoms with Crippen LogP contribution in [-0.2, 0) is 0 Å². The molecule has 1 fully saturated rings. The Kier molecular flexibility index (Phi) is 5.38. The first-order chi connectivity index (χ1) is 14.3. The second kappa shape index (κ2) is 7.85. The van der Waals surface area contributed by atoms with Gasteiger partial charge in [-0.15, -0.1) is 0 Å². The van der Waals surface area contributed by atoms with E-state index >= 15 is 0 Å². The minimum absolute atomic E-state index is 0.0525. The Bertz CT molecular complexity index is 902. The lowest BCUT2D eigenvalue weighted by Crippen LogP contribution is -2.38. The molecule has 4 rings (SSSR count). The van der Waals surface area contributed by atoms with Crippen LogP contribution < -0.4 is 10.1 Å². The van der Waals surface area contributed by atoms with Gasteiger partial charge in [0.2, 0.25) is 0 Å². The summed E-state index contributed by atoms with van der Waals surface area (Å²) >= 11 is 0. The zero-order valence-corrected chi connectivity index (χ0v) is 16.9. The van der Waals surface area contributed by atoms with Gasteiger partial charge in [-0.25, -0.2) is 4.68 Å². The number of aromatic nitrogens is 2. The molecule has 1 N–H and O–H groups in total. The molecule has 2 atom stereocenters. The number of fused-ring (bicyclic) bond motifs is 1. The number of amides is 1. The largest absolute Gasteiger partial charge is 0.497 e. The number of nitrogens with zero attached hydrogens (tertiary/aromatic N) is 3. The van der Waals surface area contributed by atoms with Crippen molar-refractivity contribution in [2.75, 3.05) is 25.5 Å². The first-order valence-corrected chi connectivity index (χ1v) is 10.1. The van der Waals surface area contributed by atoms with Gasteiger partial charge in [0.1, 0.15) is 11.6 Å². The van der Waals surface area contributed by atoms with Crippen LogP contribution in [0.1, 0.15) is 54.3 Å². The molecular weight excluding hydrogens is 397 g/mol. The predicted octanol–water partition coefficient (Wildman–Crippen LogP) is 4.42. The average molecular weight is 422 g/mol. The smallest absolute Gasteiger partial charge is 0.410 e. The van der Waals surface area contributed by atoms with Crippen LogP contribution in [0.5, 0.6) is 5.75 Å². The Hall–Kier alpha value is -2.71. The van der Waals surface area contributed by atoms with Crippen LogP contribution in [0.2, 0.25) is 0 Å². The summed E-state index contributed by atoms with van der Waals surface area (Å²) in [6, 6.07) is 6.02. The van der Waals surface area contributed by atoms with Gasteiger partial charge in [0, 0.05) is 25.6 Å². The lowest BCUT2D eigenvalue weighted by molar-refractivity contribution is -0.173. The molecule has 30 heavy (non-hydrogen) atoms. The molecule has 2 aliphatic heterocycles. The van der Waals surface area contributed by atoms with Gasteiger partial charge in [-0.05, 0) is 36.5 Å². The lowest BCUT2D eigenvalue weighted by Gasteiger charge is -2.33. The number of ether oxygens (including phenoxy) is 1. The van der Waals surface area contributed by atoms with Gasteiger partial charge in [-0.1, -0.05) is 19.1 Å². The highest BCUT2D eigenvalue weighted by atomic mass is 19.4. The Labute approximate surface area is 173 Å². The number of hydrogen-bond acceptors (Lipinski definition) is 4. The van der Waals surface area contributed by atoms with E-state index in [9.17, 15) is 18.0 Å². The molecule has 1 saturated heterocycles. The van der Waals surface area contributed by atoms with Gasteiger partial charge >= 0.3 is 6.18 Å². The average Bonchev–Trinajstić information content (AvgIpc) is 3.16. The predicted molar refractivity (Wildman–Crippen MR) is 106 cm³/mol. The molecule has 1 aromatic carbocycles. The highest BCUT2D eigenvalue weighted by Crippen LogP contribution is 2.43. The number of rotatable bonds is 3. The molecule has 0 saturated carbocycles. The fraction of sp³-hybridized carbons (Fsp3) is 0.524. The van der Waals surface area contributed by atoms with Gasteiger partial charge in [-0.3, -0.25) is 4.79 Å². The van der Waals surface area contributed by atoms with Crippen molar-refractivity contribution in [2.24, 2.45) is 5.92 Å². The third-order valence-electron chi connectivity index (χ3n) is 6.00. The second-order valence-electron chi connectivity index (χ2n) is 8.10. The van der Waals surface area contributed by atoms with Gasteiger partial charge in [-0.2, -0.15) is 18.3 Å². The molecule has 2 aliphatic rings. The number of halogens is 3. The van der Waals surface area contributed by atoms with Crippen LogP contribution in [0.3, 0.4) is 0 Å². The molecule has 0 radical (unpaired) electrons. The number of methoxy groups -OCH3 is 1. The van der Waals surface area contributed by atoms with E-state index in [0.29, 0.717) is 24.8 Å². The van der Waals surface area contributed by atoms with Gasteiger partial charge in [0.15, 0.2) is 11.7 Å². The van der Waals surface area contributed by atoms with Crippen molar-refractivity contribution in [3.05, 3.63) is 41.6 Å². The zero-order chi connectivity index (χ0) is 21.5. The third kappa shape index (κ3) is 3.97. The topological polar surface area (TPSA) is 59.4 Å². The molecule has 3 heterocycles. The molecule has 0 unspecified atom stereocenters. The molecule has 1 amide bonds. The number of likely N-dealkylation sites (tertiary alicyclic amines) is 1. The number of alkyl halides is 3. The highest BCUT2D eigenvalue weighted by molar-refractivity contribution is 5.93. The summed E-state index contributed by atoms with van der Waals surface area (Å²) in [6.45, 7) is 3.34. The quantitative estimate of drug-likeness (QED) is 0.795. The number of carbonyl (C=O) groups is 1. The zero-order valence-electron chi connectivity index (χ0n) is 16.9. The van der Waals surface area contributed by atoms with Gasteiger partial charge in [0.25, 0.3) is 5.91 Å². The highest BCUT2D eigenvalue weighted by Gasteiger charge is 2.47. The van der Waals surface area contributed by atoms with Crippen molar-refractivity contribution in [3.8, 4) is 5.75 Å². The van der Waals surface area contributed by atoms with E-state index < -0.39 is 18.3 Å². The minimum atomic E-state index is -4.48.